The van der Waals surface area contributed by atoms with Gasteiger partial charge in [0.2, 0.25) is 11.8 Å². The van der Waals surface area contributed by atoms with E-state index >= 15 is 0 Å². The Balaban J connectivity index is 0.870. The van der Waals surface area contributed by atoms with Crippen LogP contribution in [0.1, 0.15) is 66.8 Å². The van der Waals surface area contributed by atoms with Crippen LogP contribution in [0.3, 0.4) is 0 Å². The van der Waals surface area contributed by atoms with Gasteiger partial charge in [-0.3, -0.25) is 19.2 Å². The molecule has 5 heterocycles. The zero-order valence-electron chi connectivity index (χ0n) is 33.1. The predicted molar refractivity (Wildman–Crippen MR) is 221 cm³/mol. The number of allylic oxidation sites excluding steroid dienone is 1. The van der Waals surface area contributed by atoms with Gasteiger partial charge in [-0.25, -0.2) is 9.78 Å². The monoisotopic (exact) mass is 795 g/mol. The number of carbonyl (C=O) groups is 4. The maximum absolute atomic E-state index is 13.7. The summed E-state index contributed by atoms with van der Waals surface area (Å²) < 4.78 is 12.6. The molecular formula is C46H45N5O8. The molecule has 5 aromatic rings. The number of benzene rings is 3. The van der Waals surface area contributed by atoms with Crippen molar-refractivity contribution in [2.45, 2.75) is 71.3 Å². The lowest BCUT2D eigenvalue weighted by atomic mass is 9.86. The molecule has 59 heavy (non-hydrogen) atoms. The molecule has 3 aliphatic rings. The average Bonchev–Trinajstić information content (AvgIpc) is 3.78. The standard InChI is InChI=1S/C46H45N5O8/c1-4-46(57)36-21-38-43-34(23-51(38)44(55)35(36)25-59-45(46)56)28(3)42-33-20-32(15-14-31(33)16-17-37(42)49-43)30-12-10-29(11-13-30)24-58-26-48-40(53)22-47-39(52)8-6-5-7-19-50-27(2)9-18-41(50)54/h9-18,20-21,57H,2,4-8,19,22-26H2,1,3H3,(H,47,52)(H,48,53)/t46-/m0/s1. The van der Waals surface area contributed by atoms with Crippen molar-refractivity contribution in [3.05, 3.63) is 123 Å². The maximum atomic E-state index is 13.7. The molecule has 13 nitrogen and oxygen atoms in total. The Morgan fingerprint density at radius 3 is 2.49 bits per heavy atom. The number of nitrogens with one attached hydrogen (secondary N) is 2. The number of nitrogens with zero attached hydrogens (tertiary/aromatic N) is 3. The quantitative estimate of drug-likeness (QED) is 0.0567. The highest BCUT2D eigenvalue weighted by atomic mass is 16.6. The number of fused-ring (bicyclic) bond motifs is 7. The molecule has 3 N–H and O–H groups in total. The molecular weight excluding hydrogens is 751 g/mol. The maximum Gasteiger partial charge on any atom is 0.343 e. The largest absolute Gasteiger partial charge is 0.458 e. The van der Waals surface area contributed by atoms with Gasteiger partial charge in [0.1, 0.15) is 13.3 Å². The number of unbranched alkanes of at least 4 members (excludes halogenated alkanes) is 2. The van der Waals surface area contributed by atoms with E-state index in [2.05, 4.69) is 42.3 Å². The van der Waals surface area contributed by atoms with Gasteiger partial charge in [-0.1, -0.05) is 62.4 Å². The van der Waals surface area contributed by atoms with Crippen LogP contribution in [0.4, 0.5) is 0 Å². The van der Waals surface area contributed by atoms with E-state index in [4.69, 9.17) is 14.5 Å². The number of carbonyl (C=O) groups excluding carboxylic acids is 4. The fourth-order valence-corrected chi connectivity index (χ4v) is 8.21. The van der Waals surface area contributed by atoms with Crippen LogP contribution in [-0.4, -0.2) is 63.1 Å². The number of hydrogen-bond acceptors (Lipinski definition) is 9. The van der Waals surface area contributed by atoms with E-state index < -0.39 is 11.6 Å². The fourth-order valence-electron chi connectivity index (χ4n) is 8.21. The Morgan fingerprint density at radius 1 is 0.949 bits per heavy atom. The Hall–Kier alpha value is -6.44. The number of esters is 1. The zero-order chi connectivity index (χ0) is 41.4. The summed E-state index contributed by atoms with van der Waals surface area (Å²) in [5, 5.41) is 19.6. The Bertz CT molecular complexity index is 2650. The average molecular weight is 796 g/mol. The third-order valence-electron chi connectivity index (χ3n) is 11.6. The SMILES string of the molecule is C=C1C=CC(=O)N1CCCCCC(=O)NCC(=O)NCOCc1ccc(-c2ccc3ccc4nc5c(c(C)c4c3c2)Cn2c-5cc3c(c2=O)COC(=O)[C@]3(O)CC)cc1. The topological polar surface area (TPSA) is 169 Å². The first-order valence-electron chi connectivity index (χ1n) is 19.9. The minimum Gasteiger partial charge on any atom is -0.458 e. The first-order valence-corrected chi connectivity index (χ1v) is 19.9. The third-order valence-corrected chi connectivity index (χ3v) is 11.6. The van der Waals surface area contributed by atoms with Crippen LogP contribution in [0.5, 0.6) is 0 Å². The number of aryl methyl sites for hydroxylation is 1. The van der Waals surface area contributed by atoms with E-state index in [1.54, 1.807) is 28.5 Å². The molecule has 8 rings (SSSR count). The number of aromatic nitrogens is 2. The van der Waals surface area contributed by atoms with Gasteiger partial charge in [0.15, 0.2) is 5.60 Å². The summed E-state index contributed by atoms with van der Waals surface area (Å²) in [6, 6.07) is 20.1. The number of ether oxygens (including phenoxy) is 2. The summed E-state index contributed by atoms with van der Waals surface area (Å²) in [5.41, 5.74) is 6.03. The second kappa shape index (κ2) is 16.1. The molecule has 0 unspecified atom stereocenters. The van der Waals surface area contributed by atoms with Crippen LogP contribution in [0, 0.1) is 6.92 Å². The lowest BCUT2D eigenvalue weighted by Gasteiger charge is -2.31. The van der Waals surface area contributed by atoms with Crippen molar-refractivity contribution >= 4 is 45.4 Å². The summed E-state index contributed by atoms with van der Waals surface area (Å²) >= 11 is 0. The fraction of sp³-hybridized carbons (Fsp3) is 0.304. The minimum atomic E-state index is -1.88. The number of pyridine rings is 2. The van der Waals surface area contributed by atoms with Gasteiger partial charge >= 0.3 is 5.97 Å². The molecule has 0 aliphatic carbocycles. The number of amides is 3. The second-order valence-corrected chi connectivity index (χ2v) is 15.3. The molecule has 0 radical (unpaired) electrons. The van der Waals surface area contributed by atoms with Crippen LogP contribution in [0.25, 0.3) is 44.2 Å². The lowest BCUT2D eigenvalue weighted by Crippen LogP contribution is -2.44. The first kappa shape index (κ1) is 39.4. The molecule has 0 fully saturated rings. The second-order valence-electron chi connectivity index (χ2n) is 15.3. The van der Waals surface area contributed by atoms with Crippen LogP contribution in [-0.2, 0) is 54.0 Å². The molecule has 3 aromatic carbocycles. The van der Waals surface area contributed by atoms with Gasteiger partial charge in [0.05, 0.1) is 42.2 Å². The Kier molecular flexibility index (Phi) is 10.7. The smallest absolute Gasteiger partial charge is 0.343 e. The summed E-state index contributed by atoms with van der Waals surface area (Å²) in [4.78, 5) is 69.2. The number of cyclic esters (lactones) is 1. The lowest BCUT2D eigenvalue weighted by molar-refractivity contribution is -0.172. The van der Waals surface area contributed by atoms with E-state index in [1.807, 2.05) is 36.4 Å². The van der Waals surface area contributed by atoms with Crippen molar-refractivity contribution in [3.63, 3.8) is 0 Å². The van der Waals surface area contributed by atoms with Gasteiger partial charge in [0.25, 0.3) is 11.5 Å². The highest BCUT2D eigenvalue weighted by Gasteiger charge is 2.45. The van der Waals surface area contributed by atoms with Crippen molar-refractivity contribution in [3.8, 4) is 22.5 Å². The summed E-state index contributed by atoms with van der Waals surface area (Å²) in [6.07, 6.45) is 5.78. The van der Waals surface area contributed by atoms with Gasteiger partial charge in [-0.2, -0.15) is 0 Å². The molecule has 2 aromatic heterocycles. The van der Waals surface area contributed by atoms with Crippen molar-refractivity contribution in [1.82, 2.24) is 25.1 Å². The minimum absolute atomic E-state index is 0.00223. The molecule has 0 saturated carbocycles. The summed E-state index contributed by atoms with van der Waals surface area (Å²) in [6.45, 7) is 8.45. The Labute approximate surface area is 340 Å². The van der Waals surface area contributed by atoms with Crippen molar-refractivity contribution < 1.29 is 33.8 Å². The third kappa shape index (κ3) is 7.43. The van der Waals surface area contributed by atoms with Gasteiger partial charge in [0, 0.05) is 41.3 Å². The van der Waals surface area contributed by atoms with Crippen LogP contribution in [0.2, 0.25) is 0 Å². The first-order chi connectivity index (χ1) is 28.5. The normalized spacial score (nSPS) is 16.7. The molecule has 3 aliphatic heterocycles. The van der Waals surface area contributed by atoms with Crippen LogP contribution in [0.15, 0.2) is 89.9 Å². The molecule has 0 saturated heterocycles. The van der Waals surface area contributed by atoms with Crippen molar-refractivity contribution in [1.29, 1.82) is 0 Å². The molecule has 0 bridgehead atoms. The van der Waals surface area contributed by atoms with Crippen LogP contribution >= 0.6 is 0 Å². The van der Waals surface area contributed by atoms with Gasteiger partial charge in [-0.15, -0.1) is 0 Å². The number of aliphatic hydroxyl groups is 1. The van der Waals surface area contributed by atoms with Crippen LogP contribution < -0.4 is 16.2 Å². The highest BCUT2D eigenvalue weighted by Crippen LogP contribution is 2.41. The highest BCUT2D eigenvalue weighted by molar-refractivity contribution is 6.10. The van der Waals surface area contributed by atoms with E-state index in [0.717, 1.165) is 62.3 Å². The predicted octanol–water partition coefficient (Wildman–Crippen LogP) is 5.39. The number of hydrogen-bond donors (Lipinski definition) is 3. The van der Waals surface area contributed by atoms with Gasteiger partial charge in [-0.05, 0) is 83.5 Å². The zero-order valence-corrected chi connectivity index (χ0v) is 33.1. The number of rotatable bonds is 14. The molecule has 3 amide bonds. The molecule has 1 atom stereocenters. The molecule has 302 valence electrons. The summed E-state index contributed by atoms with van der Waals surface area (Å²) in [7, 11) is 0. The van der Waals surface area contributed by atoms with Gasteiger partial charge < -0.3 is 34.7 Å². The van der Waals surface area contributed by atoms with E-state index in [9.17, 15) is 29.1 Å². The Morgan fingerprint density at radius 2 is 1.73 bits per heavy atom. The molecule has 0 spiro atoms. The van der Waals surface area contributed by atoms with E-state index in [1.165, 1.54) is 6.08 Å². The van der Waals surface area contributed by atoms with Crippen molar-refractivity contribution in [2.75, 3.05) is 19.8 Å². The molecule has 13 heteroatoms. The van der Waals surface area contributed by atoms with E-state index in [0.29, 0.717) is 54.1 Å². The van der Waals surface area contributed by atoms with Crippen molar-refractivity contribution in [2.24, 2.45) is 0 Å². The van der Waals surface area contributed by atoms with E-state index in [-0.39, 0.29) is 56.2 Å². The summed E-state index contributed by atoms with van der Waals surface area (Å²) in [5.74, 6) is -1.36.